The van der Waals surface area contributed by atoms with Crippen LogP contribution in [0.1, 0.15) is 34.0 Å². The van der Waals surface area contributed by atoms with Crippen LogP contribution in [0, 0.1) is 5.82 Å². The normalized spacial score (nSPS) is 12.2. The molecule has 0 saturated heterocycles. The zero-order valence-corrected chi connectivity index (χ0v) is 14.0. The van der Waals surface area contributed by atoms with Gasteiger partial charge in [0, 0.05) is 22.4 Å². The molecule has 0 spiro atoms. The highest BCUT2D eigenvalue weighted by atomic mass is 35.5. The largest absolute Gasteiger partial charge is 0.344 e. The molecule has 1 atom stereocenters. The molecule has 4 nitrogen and oxygen atoms in total. The van der Waals surface area contributed by atoms with Crippen molar-refractivity contribution in [3.63, 3.8) is 0 Å². The summed E-state index contributed by atoms with van der Waals surface area (Å²) in [5.41, 5.74) is 6.09. The molecular weight excluding hydrogens is 348 g/mol. The van der Waals surface area contributed by atoms with E-state index in [0.29, 0.717) is 29.2 Å². The summed E-state index contributed by atoms with van der Waals surface area (Å²) >= 11 is 13.3. The topological polar surface area (TPSA) is 68.0 Å². The van der Waals surface area contributed by atoms with E-state index < -0.39 is 11.9 Å². The lowest BCUT2D eigenvalue weighted by molar-refractivity contribution is 0.0935. The van der Waals surface area contributed by atoms with Crippen LogP contribution in [0.4, 0.5) is 4.39 Å². The maximum absolute atomic E-state index is 13.5. The van der Waals surface area contributed by atoms with Crippen molar-refractivity contribution in [3.8, 4) is 0 Å². The van der Waals surface area contributed by atoms with Crippen molar-refractivity contribution < 1.29 is 9.18 Å². The number of nitrogens with zero attached hydrogens (tertiary/aromatic N) is 1. The van der Waals surface area contributed by atoms with E-state index in [1.807, 2.05) is 0 Å². The van der Waals surface area contributed by atoms with Crippen molar-refractivity contribution in [2.75, 3.05) is 6.54 Å². The van der Waals surface area contributed by atoms with Gasteiger partial charge in [-0.2, -0.15) is 0 Å². The van der Waals surface area contributed by atoms with Crippen molar-refractivity contribution in [1.82, 2.24) is 10.3 Å². The Balaban J connectivity index is 2.16. The van der Waals surface area contributed by atoms with E-state index >= 15 is 0 Å². The van der Waals surface area contributed by atoms with Crippen molar-refractivity contribution in [3.05, 3.63) is 49.6 Å². The van der Waals surface area contributed by atoms with Crippen molar-refractivity contribution in [2.24, 2.45) is 5.73 Å². The molecule has 2 rings (SSSR count). The minimum absolute atomic E-state index is 0.0950. The molecule has 0 saturated carbocycles. The lowest BCUT2D eigenvalue weighted by atomic mass is 10.1. The Kier molecular flexibility index (Phi) is 5.74. The first-order valence-electron chi connectivity index (χ1n) is 6.52. The van der Waals surface area contributed by atoms with E-state index in [2.05, 4.69) is 10.3 Å². The van der Waals surface area contributed by atoms with Gasteiger partial charge in [-0.25, -0.2) is 9.37 Å². The quantitative estimate of drug-likeness (QED) is 0.799. The fourth-order valence-electron chi connectivity index (χ4n) is 1.94. The van der Waals surface area contributed by atoms with Gasteiger partial charge in [0.1, 0.15) is 11.5 Å². The molecule has 0 bridgehead atoms. The zero-order valence-electron chi connectivity index (χ0n) is 11.7. The number of carbonyl (C=O) groups excluding carboxylic acids is 1. The van der Waals surface area contributed by atoms with E-state index in [4.69, 9.17) is 28.9 Å². The highest BCUT2D eigenvalue weighted by Crippen LogP contribution is 2.32. The first-order chi connectivity index (χ1) is 10.4. The molecule has 0 aliphatic rings. The maximum atomic E-state index is 13.5. The molecule has 22 heavy (non-hydrogen) atoms. The Labute approximate surface area is 141 Å². The van der Waals surface area contributed by atoms with Gasteiger partial charge < -0.3 is 11.1 Å². The van der Waals surface area contributed by atoms with Crippen LogP contribution < -0.4 is 11.1 Å². The van der Waals surface area contributed by atoms with Crippen LogP contribution in [0.2, 0.25) is 10.0 Å². The number of thiazole rings is 1. The van der Waals surface area contributed by atoms with E-state index in [-0.39, 0.29) is 10.9 Å². The van der Waals surface area contributed by atoms with Crippen LogP contribution in [0.25, 0.3) is 0 Å². The SMILES string of the molecule is CC(NC(=O)c1csc(CCN)n1)c1c(Cl)ccc(F)c1Cl. The van der Waals surface area contributed by atoms with Gasteiger partial charge in [0.25, 0.3) is 5.91 Å². The van der Waals surface area contributed by atoms with Gasteiger partial charge in [0.05, 0.1) is 16.1 Å². The number of aromatic nitrogens is 1. The number of hydrogen-bond acceptors (Lipinski definition) is 4. The first kappa shape index (κ1) is 17.1. The van der Waals surface area contributed by atoms with Crippen LogP contribution in [-0.4, -0.2) is 17.4 Å². The molecule has 1 unspecified atom stereocenters. The minimum Gasteiger partial charge on any atom is -0.344 e. The average Bonchev–Trinajstić information content (AvgIpc) is 2.92. The predicted octanol–water partition coefficient (Wildman–Crippen LogP) is 3.58. The Hall–Kier alpha value is -1.21. The number of nitrogens with one attached hydrogen (secondary N) is 1. The molecule has 0 radical (unpaired) electrons. The van der Waals surface area contributed by atoms with E-state index in [1.165, 1.54) is 23.5 Å². The molecule has 1 aromatic heterocycles. The molecule has 1 heterocycles. The van der Waals surface area contributed by atoms with E-state index in [9.17, 15) is 9.18 Å². The predicted molar refractivity (Wildman–Crippen MR) is 87.2 cm³/mol. The number of rotatable bonds is 5. The van der Waals surface area contributed by atoms with Crippen LogP contribution in [0.3, 0.4) is 0 Å². The molecule has 2 aromatic rings. The Bertz CT molecular complexity index is 693. The lowest BCUT2D eigenvalue weighted by Gasteiger charge is -2.17. The van der Waals surface area contributed by atoms with Gasteiger partial charge in [-0.15, -0.1) is 11.3 Å². The number of carbonyl (C=O) groups is 1. The fraction of sp³-hybridized carbons (Fsp3) is 0.286. The second-order valence-corrected chi connectivity index (χ2v) is 6.34. The minimum atomic E-state index is -0.582. The smallest absolute Gasteiger partial charge is 0.271 e. The molecule has 1 aromatic carbocycles. The third-order valence-corrected chi connectivity index (χ3v) is 4.62. The summed E-state index contributed by atoms with van der Waals surface area (Å²) in [5, 5.41) is 5.36. The molecule has 3 N–H and O–H groups in total. The molecule has 0 aliphatic carbocycles. The highest BCUT2D eigenvalue weighted by Gasteiger charge is 2.20. The summed E-state index contributed by atoms with van der Waals surface area (Å²) in [4.78, 5) is 16.4. The molecule has 0 fully saturated rings. The number of amides is 1. The fourth-order valence-corrected chi connectivity index (χ4v) is 3.43. The van der Waals surface area contributed by atoms with E-state index in [1.54, 1.807) is 12.3 Å². The third kappa shape index (κ3) is 3.76. The van der Waals surface area contributed by atoms with Gasteiger partial charge >= 0.3 is 0 Å². The lowest BCUT2D eigenvalue weighted by Crippen LogP contribution is -2.27. The Morgan fingerprint density at radius 3 is 2.91 bits per heavy atom. The first-order valence-corrected chi connectivity index (χ1v) is 8.16. The van der Waals surface area contributed by atoms with Crippen molar-refractivity contribution >= 4 is 40.4 Å². The summed E-state index contributed by atoms with van der Waals surface area (Å²) in [6.07, 6.45) is 0.620. The summed E-state index contributed by atoms with van der Waals surface area (Å²) in [5.74, 6) is -0.954. The molecular formula is C14H14Cl2FN3OS. The number of nitrogens with two attached hydrogens (primary N) is 1. The highest BCUT2D eigenvalue weighted by molar-refractivity contribution is 7.09. The summed E-state index contributed by atoms with van der Waals surface area (Å²) in [6, 6.07) is 2.04. The molecule has 118 valence electrons. The number of halogens is 3. The summed E-state index contributed by atoms with van der Waals surface area (Å²) in [7, 11) is 0. The van der Waals surface area contributed by atoms with Gasteiger partial charge in [-0.3, -0.25) is 4.79 Å². The summed E-state index contributed by atoms with van der Waals surface area (Å²) in [6.45, 7) is 2.15. The second-order valence-electron chi connectivity index (χ2n) is 4.62. The van der Waals surface area contributed by atoms with Crippen LogP contribution in [-0.2, 0) is 6.42 Å². The Morgan fingerprint density at radius 1 is 1.50 bits per heavy atom. The molecule has 8 heteroatoms. The van der Waals surface area contributed by atoms with Crippen LogP contribution in [0.15, 0.2) is 17.5 Å². The third-order valence-electron chi connectivity index (χ3n) is 3.00. The monoisotopic (exact) mass is 361 g/mol. The van der Waals surface area contributed by atoms with Gasteiger partial charge in [0.15, 0.2) is 0 Å². The van der Waals surface area contributed by atoms with Crippen LogP contribution >= 0.6 is 34.5 Å². The number of hydrogen-bond donors (Lipinski definition) is 2. The van der Waals surface area contributed by atoms with E-state index in [0.717, 1.165) is 5.01 Å². The van der Waals surface area contributed by atoms with Crippen LogP contribution in [0.5, 0.6) is 0 Å². The number of benzene rings is 1. The average molecular weight is 362 g/mol. The Morgan fingerprint density at radius 2 is 2.23 bits per heavy atom. The summed E-state index contributed by atoms with van der Waals surface area (Å²) < 4.78 is 13.5. The van der Waals surface area contributed by atoms with Crippen molar-refractivity contribution in [1.29, 1.82) is 0 Å². The van der Waals surface area contributed by atoms with Gasteiger partial charge in [-0.1, -0.05) is 23.2 Å². The maximum Gasteiger partial charge on any atom is 0.271 e. The van der Waals surface area contributed by atoms with Gasteiger partial charge in [-0.05, 0) is 25.6 Å². The zero-order chi connectivity index (χ0) is 16.3. The standard InChI is InChI=1S/C14H14Cl2FN3OS/c1-7(12-8(15)2-3-9(17)13(12)16)19-14(21)10-6-22-11(20-10)4-5-18/h2-3,6-7H,4-5,18H2,1H3,(H,19,21). The second kappa shape index (κ2) is 7.37. The molecule has 1 amide bonds. The molecule has 0 aliphatic heterocycles. The van der Waals surface area contributed by atoms with Gasteiger partial charge in [0.2, 0.25) is 0 Å². The van der Waals surface area contributed by atoms with Crippen molar-refractivity contribution in [2.45, 2.75) is 19.4 Å².